The van der Waals surface area contributed by atoms with Crippen LogP contribution in [0.15, 0.2) is 175 Å². The van der Waals surface area contributed by atoms with Crippen molar-refractivity contribution >= 4 is 49.0 Å². The molecule has 0 fully saturated rings. The van der Waals surface area contributed by atoms with Crippen LogP contribution < -0.4 is 18.9 Å². The monoisotopic (exact) mass is 851 g/mol. The van der Waals surface area contributed by atoms with Gasteiger partial charge in [0.15, 0.2) is 17.2 Å². The highest BCUT2D eigenvalue weighted by Crippen LogP contribution is 2.46. The van der Waals surface area contributed by atoms with E-state index in [1.807, 2.05) is 72.8 Å². The molecule has 0 aliphatic carbocycles. The summed E-state index contributed by atoms with van der Waals surface area (Å²) in [4.78, 5) is 12.9. The molecule has 0 spiro atoms. The smallest absolute Gasteiger partial charge is 0.339 e. The van der Waals surface area contributed by atoms with Crippen LogP contribution in [-0.4, -0.2) is 21.5 Å². The second-order valence-electron chi connectivity index (χ2n) is 13.7. The molecular formula is C49H38ClNO7S2. The highest BCUT2D eigenvalue weighted by molar-refractivity contribution is 7.89. The average Bonchev–Trinajstić information content (AvgIpc) is 3.63. The lowest BCUT2D eigenvalue weighted by Gasteiger charge is -2.15. The molecule has 0 aliphatic rings. The van der Waals surface area contributed by atoms with E-state index >= 15 is 0 Å². The second-order valence-corrected chi connectivity index (χ2v) is 17.0. The topological polar surface area (TPSA) is 100 Å². The number of sulfonamides is 1. The number of hydrogen-bond donors (Lipinski definition) is 1. The molecule has 300 valence electrons. The number of esters is 1. The Morgan fingerprint density at radius 1 is 0.633 bits per heavy atom. The average molecular weight is 852 g/mol. The van der Waals surface area contributed by atoms with Gasteiger partial charge in [0.2, 0.25) is 10.0 Å². The molecule has 8 rings (SSSR count). The van der Waals surface area contributed by atoms with E-state index in [-0.39, 0.29) is 30.2 Å². The van der Waals surface area contributed by atoms with Crippen molar-refractivity contribution in [2.24, 2.45) is 0 Å². The standard InChI is InChI=1S/C49H38ClNO7S2/c1-55-49(52)41-14-8-9-15-47(41)60(53,54)51-30-46-48(58-40-26-24-39(50)25-27-40)42-28-43(56-31-33-16-20-37(21-17-33)35-10-4-2-5-11-35)44(29-45(42)59-46)57-32-34-18-22-38(23-19-34)36-12-6-3-7-13-36/h2-29,51H,30-32H2,1H3. The maximum Gasteiger partial charge on any atom is 0.339 e. The number of benzene rings is 7. The number of carbonyl (C=O) groups excluding carboxylic acids is 1. The third-order valence-corrected chi connectivity index (χ3v) is 12.6. The summed E-state index contributed by atoms with van der Waals surface area (Å²) >= 11 is 7.55. The number of ether oxygens (including phenoxy) is 4. The van der Waals surface area contributed by atoms with Crippen molar-refractivity contribution < 1.29 is 32.2 Å². The molecule has 1 aromatic heterocycles. The molecular weight excluding hydrogens is 814 g/mol. The van der Waals surface area contributed by atoms with Crippen molar-refractivity contribution in [3.63, 3.8) is 0 Å². The van der Waals surface area contributed by atoms with Crippen LogP contribution in [-0.2, 0) is 34.5 Å². The largest absolute Gasteiger partial charge is 0.485 e. The maximum atomic E-state index is 13.7. The molecule has 0 amide bonds. The van der Waals surface area contributed by atoms with Crippen LogP contribution in [0, 0.1) is 0 Å². The van der Waals surface area contributed by atoms with Gasteiger partial charge in [-0.1, -0.05) is 133 Å². The van der Waals surface area contributed by atoms with Crippen LogP contribution in [0.1, 0.15) is 26.4 Å². The summed E-state index contributed by atoms with van der Waals surface area (Å²) < 4.78 is 55.3. The van der Waals surface area contributed by atoms with Gasteiger partial charge in [0, 0.05) is 27.7 Å². The summed E-state index contributed by atoms with van der Waals surface area (Å²) in [6.45, 7) is 0.384. The lowest BCUT2D eigenvalue weighted by Crippen LogP contribution is -2.25. The Morgan fingerprint density at radius 2 is 1.15 bits per heavy atom. The van der Waals surface area contributed by atoms with Gasteiger partial charge in [-0.15, -0.1) is 11.3 Å². The fourth-order valence-electron chi connectivity index (χ4n) is 6.59. The first kappa shape index (κ1) is 40.4. The highest BCUT2D eigenvalue weighted by Gasteiger charge is 2.25. The maximum absolute atomic E-state index is 13.7. The molecule has 7 aromatic carbocycles. The molecule has 1 heterocycles. The van der Waals surface area contributed by atoms with Crippen molar-refractivity contribution in [1.82, 2.24) is 4.72 Å². The van der Waals surface area contributed by atoms with Crippen LogP contribution in [0.5, 0.6) is 23.0 Å². The summed E-state index contributed by atoms with van der Waals surface area (Å²) in [5.41, 5.74) is 6.31. The molecule has 0 aliphatic heterocycles. The predicted molar refractivity (Wildman–Crippen MR) is 238 cm³/mol. The molecule has 60 heavy (non-hydrogen) atoms. The van der Waals surface area contributed by atoms with Crippen LogP contribution in [0.25, 0.3) is 32.3 Å². The van der Waals surface area contributed by atoms with E-state index in [4.69, 9.17) is 30.5 Å². The SMILES string of the molecule is COC(=O)c1ccccc1S(=O)(=O)NCc1sc2cc(OCc3ccc(-c4ccccc4)cc3)c(OCc3ccc(-c4ccccc4)cc3)cc2c1Oc1ccc(Cl)cc1. The third-order valence-electron chi connectivity index (χ3n) is 9.73. The molecule has 0 saturated heterocycles. The van der Waals surface area contributed by atoms with Gasteiger partial charge in [-0.25, -0.2) is 17.9 Å². The summed E-state index contributed by atoms with van der Waals surface area (Å²) in [7, 11) is -2.98. The number of methoxy groups -OCH3 is 1. The zero-order valence-corrected chi connectivity index (χ0v) is 34.7. The predicted octanol–water partition coefficient (Wildman–Crippen LogP) is 12.1. The summed E-state index contributed by atoms with van der Waals surface area (Å²) in [5, 5.41) is 1.23. The van der Waals surface area contributed by atoms with E-state index in [9.17, 15) is 13.2 Å². The van der Waals surface area contributed by atoms with E-state index < -0.39 is 16.0 Å². The fraction of sp³-hybridized carbons (Fsp3) is 0.0816. The van der Waals surface area contributed by atoms with Gasteiger partial charge >= 0.3 is 5.97 Å². The molecule has 0 atom stereocenters. The fourth-order valence-corrected chi connectivity index (χ4v) is 9.08. The Balaban J connectivity index is 1.14. The Hall–Kier alpha value is -6.43. The minimum absolute atomic E-state index is 0.0746. The molecule has 0 unspecified atom stereocenters. The van der Waals surface area contributed by atoms with Gasteiger partial charge in [0.1, 0.15) is 19.0 Å². The van der Waals surface area contributed by atoms with Gasteiger partial charge in [0.25, 0.3) is 0 Å². The molecule has 0 saturated carbocycles. The minimum atomic E-state index is -4.18. The Bertz CT molecular complexity index is 2850. The zero-order chi connectivity index (χ0) is 41.5. The summed E-state index contributed by atoms with van der Waals surface area (Å²) in [6, 6.07) is 53.4. The minimum Gasteiger partial charge on any atom is -0.485 e. The van der Waals surface area contributed by atoms with Gasteiger partial charge in [0.05, 0.1) is 22.4 Å². The molecule has 1 N–H and O–H groups in total. The lowest BCUT2D eigenvalue weighted by atomic mass is 10.0. The molecule has 0 radical (unpaired) electrons. The van der Waals surface area contributed by atoms with Crippen LogP contribution in [0.4, 0.5) is 0 Å². The van der Waals surface area contributed by atoms with Crippen molar-refractivity contribution in [1.29, 1.82) is 0 Å². The zero-order valence-electron chi connectivity index (χ0n) is 32.3. The Morgan fingerprint density at radius 3 is 1.72 bits per heavy atom. The molecule has 0 bridgehead atoms. The first-order valence-electron chi connectivity index (χ1n) is 19.0. The first-order valence-corrected chi connectivity index (χ1v) is 21.7. The van der Waals surface area contributed by atoms with Crippen molar-refractivity contribution in [3.8, 4) is 45.3 Å². The van der Waals surface area contributed by atoms with Crippen LogP contribution in [0.3, 0.4) is 0 Å². The third kappa shape index (κ3) is 9.38. The van der Waals surface area contributed by atoms with Crippen LogP contribution in [0.2, 0.25) is 5.02 Å². The van der Waals surface area contributed by atoms with Crippen molar-refractivity contribution in [3.05, 3.63) is 196 Å². The molecule has 8 aromatic rings. The van der Waals surface area contributed by atoms with Gasteiger partial charge in [-0.3, -0.25) is 0 Å². The second kappa shape index (κ2) is 18.2. The summed E-state index contributed by atoms with van der Waals surface area (Å²) in [5.74, 6) is 1.16. The number of fused-ring (bicyclic) bond motifs is 1. The van der Waals surface area contributed by atoms with Gasteiger partial charge in [-0.2, -0.15) is 0 Å². The van der Waals surface area contributed by atoms with Gasteiger partial charge < -0.3 is 18.9 Å². The van der Waals surface area contributed by atoms with Gasteiger partial charge in [-0.05, 0) is 75.8 Å². The lowest BCUT2D eigenvalue weighted by molar-refractivity contribution is 0.0596. The number of hydrogen-bond acceptors (Lipinski definition) is 8. The van der Waals surface area contributed by atoms with E-state index in [1.54, 1.807) is 36.4 Å². The van der Waals surface area contributed by atoms with E-state index in [2.05, 4.69) is 53.3 Å². The van der Waals surface area contributed by atoms with Crippen LogP contribution >= 0.6 is 22.9 Å². The van der Waals surface area contributed by atoms with E-state index in [0.29, 0.717) is 38.3 Å². The Kier molecular flexibility index (Phi) is 12.3. The Labute approximate surface area is 357 Å². The number of rotatable bonds is 15. The number of carbonyl (C=O) groups is 1. The number of halogens is 1. The van der Waals surface area contributed by atoms with Crippen molar-refractivity contribution in [2.45, 2.75) is 24.7 Å². The number of nitrogens with one attached hydrogen (secondary N) is 1. The normalized spacial score (nSPS) is 11.3. The highest BCUT2D eigenvalue weighted by atomic mass is 35.5. The van der Waals surface area contributed by atoms with E-state index in [0.717, 1.165) is 38.1 Å². The quantitative estimate of drug-likeness (QED) is 0.103. The molecule has 8 nitrogen and oxygen atoms in total. The molecule has 11 heteroatoms. The number of thiophene rings is 1. The van der Waals surface area contributed by atoms with Crippen molar-refractivity contribution in [2.75, 3.05) is 7.11 Å². The van der Waals surface area contributed by atoms with E-state index in [1.165, 1.54) is 30.6 Å². The first-order chi connectivity index (χ1) is 29.2. The summed E-state index contributed by atoms with van der Waals surface area (Å²) in [6.07, 6.45) is 0.